The topological polar surface area (TPSA) is 103 Å². The van der Waals surface area contributed by atoms with Gasteiger partial charge in [0.2, 0.25) is 11.9 Å². The summed E-state index contributed by atoms with van der Waals surface area (Å²) in [7, 11) is 1.66. The Balaban J connectivity index is 1.73. The third-order valence-corrected chi connectivity index (χ3v) is 5.05. The van der Waals surface area contributed by atoms with Gasteiger partial charge in [-0.3, -0.25) is 19.4 Å². The molecule has 3 aliphatic heterocycles. The van der Waals surface area contributed by atoms with E-state index in [1.165, 1.54) is 16.7 Å². The normalized spacial score (nSPS) is 26.8. The van der Waals surface area contributed by atoms with Crippen molar-refractivity contribution in [1.82, 2.24) is 19.6 Å². The summed E-state index contributed by atoms with van der Waals surface area (Å²) < 4.78 is 0. The molecule has 2 unspecified atom stereocenters. The molecule has 138 valence electrons. The smallest absolute Gasteiger partial charge is 0.328 e. The molecular formula is C16H26N6O3. The molecule has 3 heterocycles. The van der Waals surface area contributed by atoms with E-state index in [1.807, 2.05) is 11.8 Å². The van der Waals surface area contributed by atoms with Crippen molar-refractivity contribution in [2.24, 2.45) is 10.7 Å². The summed E-state index contributed by atoms with van der Waals surface area (Å²) in [5.41, 5.74) is 5.74. The van der Waals surface area contributed by atoms with Gasteiger partial charge in [-0.05, 0) is 19.8 Å². The molecule has 0 bridgehead atoms. The Morgan fingerprint density at radius 3 is 2.68 bits per heavy atom. The summed E-state index contributed by atoms with van der Waals surface area (Å²) in [5, 5.41) is 0. The van der Waals surface area contributed by atoms with E-state index in [4.69, 9.17) is 5.73 Å². The van der Waals surface area contributed by atoms with Gasteiger partial charge in [-0.2, -0.15) is 0 Å². The number of unbranched alkanes of at least 4 members (excludes halogenated alkanes) is 1. The average molecular weight is 350 g/mol. The number of aliphatic imine (C=N–C) groups is 1. The molecule has 9 nitrogen and oxygen atoms in total. The quantitative estimate of drug-likeness (QED) is 0.681. The van der Waals surface area contributed by atoms with E-state index in [0.29, 0.717) is 25.6 Å². The van der Waals surface area contributed by atoms with E-state index in [9.17, 15) is 14.4 Å². The van der Waals surface area contributed by atoms with Gasteiger partial charge in [0.05, 0.1) is 0 Å². The van der Waals surface area contributed by atoms with Crippen LogP contribution in [-0.4, -0.2) is 88.3 Å². The van der Waals surface area contributed by atoms with Crippen LogP contribution in [0.15, 0.2) is 4.99 Å². The van der Waals surface area contributed by atoms with Gasteiger partial charge < -0.3 is 15.5 Å². The molecule has 0 radical (unpaired) electrons. The number of carbonyl (C=O) groups is 3. The fourth-order valence-electron chi connectivity index (χ4n) is 3.68. The number of hydrogen-bond acceptors (Lipinski definition) is 6. The van der Waals surface area contributed by atoms with Crippen LogP contribution in [0.1, 0.15) is 33.1 Å². The molecule has 0 aromatic carbocycles. The van der Waals surface area contributed by atoms with Crippen LogP contribution in [0.2, 0.25) is 0 Å². The van der Waals surface area contributed by atoms with E-state index in [1.54, 1.807) is 11.9 Å². The number of nitrogens with zero attached hydrogens (tertiary/aromatic N) is 5. The molecule has 3 aliphatic rings. The van der Waals surface area contributed by atoms with E-state index >= 15 is 0 Å². The Labute approximate surface area is 147 Å². The van der Waals surface area contributed by atoms with Crippen LogP contribution in [0.3, 0.4) is 0 Å². The minimum Gasteiger partial charge on any atom is -0.328 e. The lowest BCUT2D eigenvalue weighted by Gasteiger charge is -2.40. The van der Waals surface area contributed by atoms with Crippen LogP contribution in [0.5, 0.6) is 0 Å². The fraction of sp³-hybridized carbons (Fsp3) is 0.750. The third kappa shape index (κ3) is 2.97. The minimum absolute atomic E-state index is 0.103. The number of amides is 4. The second-order valence-electron chi connectivity index (χ2n) is 7.01. The van der Waals surface area contributed by atoms with E-state index in [-0.39, 0.29) is 23.9 Å². The Kier molecular flexibility index (Phi) is 4.68. The highest BCUT2D eigenvalue weighted by Gasteiger charge is 2.54. The van der Waals surface area contributed by atoms with Gasteiger partial charge in [0, 0.05) is 39.6 Å². The highest BCUT2D eigenvalue weighted by atomic mass is 16.2. The third-order valence-electron chi connectivity index (χ3n) is 5.05. The van der Waals surface area contributed by atoms with Crippen LogP contribution in [0.25, 0.3) is 0 Å². The molecule has 0 aromatic heterocycles. The van der Waals surface area contributed by atoms with Crippen molar-refractivity contribution in [3.8, 4) is 0 Å². The van der Waals surface area contributed by atoms with Crippen molar-refractivity contribution in [1.29, 1.82) is 0 Å². The zero-order valence-electron chi connectivity index (χ0n) is 15.0. The standard InChI is InChI=1S/C16H26N6O3/c1-10(17)6-4-5-7-22-14(24)12-13(19(3)16(22)25)18-15-20(11(2)23)8-9-21(12)15/h10,12-13H,4-9,17H2,1-3H3/t10-,12?,13?/m1/s1. The van der Waals surface area contributed by atoms with Crippen molar-refractivity contribution >= 4 is 23.8 Å². The molecule has 3 atom stereocenters. The second-order valence-corrected chi connectivity index (χ2v) is 7.01. The zero-order valence-corrected chi connectivity index (χ0v) is 15.0. The van der Waals surface area contributed by atoms with Gasteiger partial charge in [0.15, 0.2) is 12.2 Å². The highest BCUT2D eigenvalue weighted by molar-refractivity contribution is 6.06. The van der Waals surface area contributed by atoms with Crippen LogP contribution in [0, 0.1) is 0 Å². The van der Waals surface area contributed by atoms with Gasteiger partial charge in [0.25, 0.3) is 5.91 Å². The van der Waals surface area contributed by atoms with Crippen molar-refractivity contribution in [3.05, 3.63) is 0 Å². The fourth-order valence-corrected chi connectivity index (χ4v) is 3.68. The highest BCUT2D eigenvalue weighted by Crippen LogP contribution is 2.31. The number of likely N-dealkylation sites (N-methyl/N-ethyl adjacent to an activating group) is 1. The van der Waals surface area contributed by atoms with Crippen molar-refractivity contribution in [2.45, 2.75) is 51.4 Å². The van der Waals surface area contributed by atoms with Crippen LogP contribution in [0.4, 0.5) is 4.79 Å². The summed E-state index contributed by atoms with van der Waals surface area (Å²) in [5.74, 6) is 0.182. The lowest BCUT2D eigenvalue weighted by molar-refractivity contribution is -0.137. The Morgan fingerprint density at radius 2 is 2.04 bits per heavy atom. The molecule has 2 N–H and O–H groups in total. The lowest BCUT2D eigenvalue weighted by atomic mass is 10.1. The first-order valence-electron chi connectivity index (χ1n) is 8.79. The van der Waals surface area contributed by atoms with Gasteiger partial charge in [-0.25, -0.2) is 9.79 Å². The molecule has 4 amide bonds. The molecule has 3 rings (SSSR count). The molecule has 0 aromatic rings. The first kappa shape index (κ1) is 17.7. The predicted molar refractivity (Wildman–Crippen MR) is 91.5 cm³/mol. The summed E-state index contributed by atoms with van der Waals surface area (Å²) in [4.78, 5) is 48.0. The first-order valence-corrected chi connectivity index (χ1v) is 8.79. The Morgan fingerprint density at radius 1 is 1.32 bits per heavy atom. The number of urea groups is 1. The Hall–Kier alpha value is -2.16. The number of carbonyl (C=O) groups excluding carboxylic acids is 3. The molecule has 0 spiro atoms. The number of imide groups is 1. The van der Waals surface area contributed by atoms with Crippen molar-refractivity contribution in [3.63, 3.8) is 0 Å². The van der Waals surface area contributed by atoms with E-state index in [2.05, 4.69) is 4.99 Å². The Bertz CT molecular complexity index is 619. The zero-order chi connectivity index (χ0) is 18.3. The molecule has 25 heavy (non-hydrogen) atoms. The molecule has 2 saturated heterocycles. The SMILES string of the molecule is CC(=O)N1CCN2C1=NC1C2C(=O)N(CCCC[C@@H](C)N)C(=O)N1C. The number of rotatable bonds is 5. The lowest BCUT2D eigenvalue weighted by Crippen LogP contribution is -2.64. The molecular weight excluding hydrogens is 324 g/mol. The van der Waals surface area contributed by atoms with Crippen LogP contribution < -0.4 is 5.73 Å². The molecule has 0 aliphatic carbocycles. The minimum atomic E-state index is -0.558. The molecule has 2 fully saturated rings. The maximum absolute atomic E-state index is 12.9. The maximum Gasteiger partial charge on any atom is 0.328 e. The number of hydrogen-bond donors (Lipinski definition) is 1. The van der Waals surface area contributed by atoms with Gasteiger partial charge in [-0.15, -0.1) is 0 Å². The average Bonchev–Trinajstić information content (AvgIpc) is 3.10. The van der Waals surface area contributed by atoms with Crippen LogP contribution >= 0.6 is 0 Å². The molecule has 0 saturated carbocycles. The summed E-state index contributed by atoms with van der Waals surface area (Å²) in [6.07, 6.45) is 1.91. The van der Waals surface area contributed by atoms with Crippen molar-refractivity contribution < 1.29 is 14.4 Å². The van der Waals surface area contributed by atoms with E-state index in [0.717, 1.165) is 19.3 Å². The summed E-state index contributed by atoms with van der Waals surface area (Å²) in [6.45, 7) is 4.90. The number of fused-ring (bicyclic) bond motifs is 3. The van der Waals surface area contributed by atoms with Gasteiger partial charge in [-0.1, -0.05) is 6.42 Å². The molecule has 9 heteroatoms. The second kappa shape index (κ2) is 6.62. The summed E-state index contributed by atoms with van der Waals surface area (Å²) >= 11 is 0. The van der Waals surface area contributed by atoms with Crippen LogP contribution in [-0.2, 0) is 9.59 Å². The first-order chi connectivity index (χ1) is 11.8. The van der Waals surface area contributed by atoms with Gasteiger partial charge in [0.1, 0.15) is 0 Å². The van der Waals surface area contributed by atoms with Crippen molar-refractivity contribution in [2.75, 3.05) is 26.7 Å². The number of nitrogens with two attached hydrogens (primary N) is 1. The maximum atomic E-state index is 12.9. The number of guanidine groups is 1. The van der Waals surface area contributed by atoms with E-state index < -0.39 is 12.2 Å². The summed E-state index contributed by atoms with van der Waals surface area (Å²) in [6, 6.07) is -0.741. The monoisotopic (exact) mass is 350 g/mol. The van der Waals surface area contributed by atoms with Gasteiger partial charge >= 0.3 is 6.03 Å². The predicted octanol–water partition coefficient (Wildman–Crippen LogP) is -0.374. The largest absolute Gasteiger partial charge is 0.328 e.